The average Bonchev–Trinajstić information content (AvgIpc) is 2.86. The Bertz CT molecular complexity index is 566. The van der Waals surface area contributed by atoms with E-state index < -0.39 is 0 Å². The first-order valence-electron chi connectivity index (χ1n) is 7.04. The van der Waals surface area contributed by atoms with Crippen LogP contribution in [0.15, 0.2) is 42.6 Å². The molecule has 2 aromatic rings. The summed E-state index contributed by atoms with van der Waals surface area (Å²) in [4.78, 5) is 6.30. The summed E-state index contributed by atoms with van der Waals surface area (Å²) < 4.78 is 19.0. The number of rotatable bonds is 4. The van der Waals surface area contributed by atoms with E-state index in [-0.39, 0.29) is 11.9 Å². The van der Waals surface area contributed by atoms with Crippen LogP contribution in [0.25, 0.3) is 0 Å². The third-order valence-electron chi connectivity index (χ3n) is 3.58. The van der Waals surface area contributed by atoms with E-state index in [1.165, 1.54) is 12.1 Å². The zero-order valence-electron chi connectivity index (χ0n) is 11.7. The van der Waals surface area contributed by atoms with Gasteiger partial charge in [-0.3, -0.25) is 4.90 Å². The lowest BCUT2D eigenvalue weighted by Gasteiger charge is -2.17. The maximum absolute atomic E-state index is 13.1. The molecule has 0 aliphatic carbocycles. The minimum Gasteiger partial charge on any atom is -0.489 e. The minimum absolute atomic E-state index is 0.103. The van der Waals surface area contributed by atoms with Crippen LogP contribution in [-0.2, 0) is 6.54 Å². The summed E-state index contributed by atoms with van der Waals surface area (Å²) in [6.07, 6.45) is 2.77. The van der Waals surface area contributed by atoms with E-state index in [9.17, 15) is 4.39 Å². The second-order valence-electron chi connectivity index (χ2n) is 5.31. The molecule has 1 atom stereocenters. The van der Waals surface area contributed by atoms with E-state index in [0.717, 1.165) is 31.6 Å². The van der Waals surface area contributed by atoms with Crippen molar-refractivity contribution in [1.82, 2.24) is 9.88 Å². The van der Waals surface area contributed by atoms with Gasteiger partial charge in [-0.1, -0.05) is 6.07 Å². The number of nitrogen functional groups attached to an aromatic ring is 1. The molecule has 1 aromatic heterocycles. The van der Waals surface area contributed by atoms with Crippen molar-refractivity contribution in [2.24, 2.45) is 0 Å². The smallest absolute Gasteiger partial charge is 0.126 e. The van der Waals surface area contributed by atoms with Gasteiger partial charge in [0.05, 0.1) is 0 Å². The van der Waals surface area contributed by atoms with Gasteiger partial charge < -0.3 is 10.5 Å². The molecule has 110 valence electrons. The van der Waals surface area contributed by atoms with Crippen molar-refractivity contribution >= 4 is 5.82 Å². The monoisotopic (exact) mass is 287 g/mol. The van der Waals surface area contributed by atoms with Crippen molar-refractivity contribution in [1.29, 1.82) is 0 Å². The summed E-state index contributed by atoms with van der Waals surface area (Å²) in [6.45, 7) is 2.62. The molecule has 1 unspecified atom stereocenters. The summed E-state index contributed by atoms with van der Waals surface area (Å²) in [6, 6.07) is 10.2. The van der Waals surface area contributed by atoms with Crippen LogP contribution in [0.2, 0.25) is 0 Å². The lowest BCUT2D eigenvalue weighted by atomic mass is 10.2. The van der Waals surface area contributed by atoms with Gasteiger partial charge in [-0.15, -0.1) is 0 Å². The molecular weight excluding hydrogens is 269 g/mol. The van der Waals surface area contributed by atoms with Crippen LogP contribution in [-0.4, -0.2) is 29.1 Å². The molecule has 1 aliphatic rings. The SMILES string of the molecule is Nc1cc(CN2CCC(Oc3cccc(F)c3)C2)ccn1. The van der Waals surface area contributed by atoms with Crippen LogP contribution in [0, 0.1) is 5.82 Å². The van der Waals surface area contributed by atoms with Gasteiger partial charge in [-0.05, 0) is 36.2 Å². The van der Waals surface area contributed by atoms with Gasteiger partial charge in [0.1, 0.15) is 23.5 Å². The molecule has 1 fully saturated rings. The van der Waals surface area contributed by atoms with Crippen molar-refractivity contribution in [3.63, 3.8) is 0 Å². The van der Waals surface area contributed by atoms with E-state index >= 15 is 0 Å². The van der Waals surface area contributed by atoms with Crippen LogP contribution >= 0.6 is 0 Å². The first kappa shape index (κ1) is 13.8. The van der Waals surface area contributed by atoms with Gasteiger partial charge in [-0.25, -0.2) is 9.37 Å². The summed E-state index contributed by atoms with van der Waals surface area (Å²) in [7, 11) is 0. The van der Waals surface area contributed by atoms with Crippen molar-refractivity contribution in [3.8, 4) is 5.75 Å². The molecule has 0 saturated carbocycles. The van der Waals surface area contributed by atoms with E-state index in [4.69, 9.17) is 10.5 Å². The normalized spacial score (nSPS) is 18.8. The van der Waals surface area contributed by atoms with E-state index in [1.807, 2.05) is 12.1 Å². The van der Waals surface area contributed by atoms with E-state index in [1.54, 1.807) is 18.3 Å². The summed E-state index contributed by atoms with van der Waals surface area (Å²) in [5.74, 6) is 0.865. The molecule has 5 heteroatoms. The first-order chi connectivity index (χ1) is 10.2. The topological polar surface area (TPSA) is 51.4 Å². The van der Waals surface area contributed by atoms with Gasteiger partial charge in [0.25, 0.3) is 0 Å². The van der Waals surface area contributed by atoms with Crippen LogP contribution in [0.4, 0.5) is 10.2 Å². The lowest BCUT2D eigenvalue weighted by molar-refractivity contribution is 0.197. The molecule has 0 amide bonds. The lowest BCUT2D eigenvalue weighted by Crippen LogP contribution is -2.24. The van der Waals surface area contributed by atoms with E-state index in [0.29, 0.717) is 11.6 Å². The first-order valence-corrected chi connectivity index (χ1v) is 7.04. The van der Waals surface area contributed by atoms with Gasteiger partial charge in [0.15, 0.2) is 0 Å². The molecule has 1 aromatic carbocycles. The standard InChI is InChI=1S/C16H18FN3O/c17-13-2-1-3-14(9-13)21-15-5-7-20(11-15)10-12-4-6-19-16(18)8-12/h1-4,6,8-9,15H,5,7,10-11H2,(H2,18,19). The average molecular weight is 287 g/mol. The minimum atomic E-state index is -0.269. The molecular formula is C16H18FN3O. The Morgan fingerprint density at radius 3 is 3.05 bits per heavy atom. The number of likely N-dealkylation sites (tertiary alicyclic amines) is 1. The Kier molecular flexibility index (Phi) is 4.01. The molecule has 3 rings (SSSR count). The third-order valence-corrected chi connectivity index (χ3v) is 3.58. The number of nitrogens with two attached hydrogens (primary N) is 1. The molecule has 1 aliphatic heterocycles. The maximum atomic E-state index is 13.1. The zero-order valence-corrected chi connectivity index (χ0v) is 11.7. The Hall–Kier alpha value is -2.14. The molecule has 2 heterocycles. The molecule has 4 nitrogen and oxygen atoms in total. The van der Waals surface area contributed by atoms with Crippen molar-refractivity contribution < 1.29 is 9.13 Å². The third kappa shape index (κ3) is 3.70. The Labute approximate surface area is 123 Å². The molecule has 0 bridgehead atoms. The number of aromatic nitrogens is 1. The second kappa shape index (κ2) is 6.10. The zero-order chi connectivity index (χ0) is 14.7. The van der Waals surface area contributed by atoms with Crippen molar-refractivity contribution in [3.05, 3.63) is 54.0 Å². The number of halogens is 1. The molecule has 0 spiro atoms. The highest BCUT2D eigenvalue weighted by Gasteiger charge is 2.24. The number of hydrogen-bond donors (Lipinski definition) is 1. The van der Waals surface area contributed by atoms with Gasteiger partial charge >= 0.3 is 0 Å². The number of nitrogens with zero attached hydrogens (tertiary/aromatic N) is 2. The van der Waals surface area contributed by atoms with Crippen molar-refractivity contribution in [2.75, 3.05) is 18.8 Å². The number of hydrogen-bond acceptors (Lipinski definition) is 4. The number of benzene rings is 1. The van der Waals surface area contributed by atoms with Crippen LogP contribution in [0.5, 0.6) is 5.75 Å². The summed E-state index contributed by atoms with van der Waals surface area (Å²) in [5.41, 5.74) is 6.83. The second-order valence-corrected chi connectivity index (χ2v) is 5.31. The number of ether oxygens (including phenoxy) is 1. The maximum Gasteiger partial charge on any atom is 0.126 e. The fraction of sp³-hybridized carbons (Fsp3) is 0.312. The van der Waals surface area contributed by atoms with Crippen LogP contribution in [0.3, 0.4) is 0 Å². The highest BCUT2D eigenvalue weighted by molar-refractivity contribution is 5.31. The van der Waals surface area contributed by atoms with Crippen LogP contribution < -0.4 is 10.5 Å². The summed E-state index contributed by atoms with van der Waals surface area (Å²) >= 11 is 0. The van der Waals surface area contributed by atoms with Crippen LogP contribution in [0.1, 0.15) is 12.0 Å². The van der Waals surface area contributed by atoms with Gasteiger partial charge in [0.2, 0.25) is 0 Å². The number of anilines is 1. The Balaban J connectivity index is 1.56. The Morgan fingerprint density at radius 1 is 1.33 bits per heavy atom. The molecule has 21 heavy (non-hydrogen) atoms. The predicted octanol–water partition coefficient (Wildman–Crippen LogP) is 2.46. The van der Waals surface area contributed by atoms with E-state index in [2.05, 4.69) is 9.88 Å². The molecule has 1 saturated heterocycles. The quantitative estimate of drug-likeness (QED) is 0.938. The molecule has 0 radical (unpaired) electrons. The Morgan fingerprint density at radius 2 is 2.24 bits per heavy atom. The fourth-order valence-corrected chi connectivity index (χ4v) is 2.62. The van der Waals surface area contributed by atoms with Crippen molar-refractivity contribution in [2.45, 2.75) is 19.1 Å². The highest BCUT2D eigenvalue weighted by Crippen LogP contribution is 2.20. The summed E-state index contributed by atoms with van der Waals surface area (Å²) in [5, 5.41) is 0. The largest absolute Gasteiger partial charge is 0.489 e. The van der Waals surface area contributed by atoms with Gasteiger partial charge in [-0.2, -0.15) is 0 Å². The highest BCUT2D eigenvalue weighted by atomic mass is 19.1. The fourth-order valence-electron chi connectivity index (χ4n) is 2.62. The predicted molar refractivity (Wildman–Crippen MR) is 79.4 cm³/mol. The van der Waals surface area contributed by atoms with Gasteiger partial charge in [0, 0.05) is 31.9 Å². The number of pyridine rings is 1. The molecule has 2 N–H and O–H groups in total.